The number of anilines is 1. The molecule has 2 rings (SSSR count). The number of carbonyl (C=O) groups is 1. The average Bonchev–Trinajstić information content (AvgIpc) is 2.42. The molecule has 1 amide bonds. The van der Waals surface area contributed by atoms with Crippen LogP contribution in [0, 0.1) is 5.92 Å². The van der Waals surface area contributed by atoms with Crippen molar-refractivity contribution in [3.63, 3.8) is 0 Å². The Hall–Kier alpha value is -0.870. The molecule has 0 saturated carbocycles. The molecule has 18 heavy (non-hydrogen) atoms. The lowest BCUT2D eigenvalue weighted by molar-refractivity contribution is -0.123. The summed E-state index contributed by atoms with van der Waals surface area (Å²) in [4.78, 5) is 12.0. The smallest absolute Gasteiger partial charge is 0.229 e. The van der Waals surface area contributed by atoms with Crippen molar-refractivity contribution in [2.45, 2.75) is 19.3 Å². The number of amides is 1. The van der Waals surface area contributed by atoms with Gasteiger partial charge in [-0.05, 0) is 37.0 Å². The predicted octanol–water partition coefficient (Wildman–Crippen LogP) is 2.99. The van der Waals surface area contributed by atoms with E-state index in [1.807, 2.05) is 24.3 Å². The molecule has 3 nitrogen and oxygen atoms in total. The third kappa shape index (κ3) is 3.82. The van der Waals surface area contributed by atoms with E-state index in [0.29, 0.717) is 6.61 Å². The Bertz CT molecular complexity index is 385. The fourth-order valence-electron chi connectivity index (χ4n) is 2.06. The molecule has 1 unspecified atom stereocenters. The number of benzene rings is 1. The molecule has 0 radical (unpaired) electrons. The average molecular weight is 312 g/mol. The highest BCUT2D eigenvalue weighted by Gasteiger charge is 2.21. The summed E-state index contributed by atoms with van der Waals surface area (Å²) in [6.07, 6.45) is 2.90. The standard InChI is InChI=1S/C14H18BrNO2/c15-8-7-11-3-5-13(6-4-11)16-14(17)12-2-1-9-18-10-12/h3-6,12H,1-2,7-10H2,(H,16,17). The highest BCUT2D eigenvalue weighted by Crippen LogP contribution is 2.17. The van der Waals surface area contributed by atoms with E-state index in [-0.39, 0.29) is 11.8 Å². The Morgan fingerprint density at radius 3 is 2.78 bits per heavy atom. The molecule has 1 N–H and O–H groups in total. The van der Waals surface area contributed by atoms with E-state index < -0.39 is 0 Å². The first-order valence-electron chi connectivity index (χ1n) is 6.33. The zero-order chi connectivity index (χ0) is 12.8. The van der Waals surface area contributed by atoms with Gasteiger partial charge in [-0.25, -0.2) is 0 Å². The van der Waals surface area contributed by atoms with Crippen LogP contribution in [-0.2, 0) is 16.0 Å². The number of halogens is 1. The van der Waals surface area contributed by atoms with Gasteiger partial charge in [0.1, 0.15) is 0 Å². The molecule has 0 bridgehead atoms. The van der Waals surface area contributed by atoms with Crippen molar-refractivity contribution in [2.75, 3.05) is 23.9 Å². The lowest BCUT2D eigenvalue weighted by Crippen LogP contribution is -2.30. The van der Waals surface area contributed by atoms with Crippen molar-refractivity contribution in [3.8, 4) is 0 Å². The number of hydrogen-bond acceptors (Lipinski definition) is 2. The molecule has 1 saturated heterocycles. The van der Waals surface area contributed by atoms with Crippen molar-refractivity contribution in [1.82, 2.24) is 0 Å². The van der Waals surface area contributed by atoms with Gasteiger partial charge in [0, 0.05) is 17.6 Å². The molecule has 1 aliphatic rings. The van der Waals surface area contributed by atoms with Gasteiger partial charge in [0.05, 0.1) is 12.5 Å². The molecule has 1 aliphatic heterocycles. The van der Waals surface area contributed by atoms with Gasteiger partial charge in [-0.2, -0.15) is 0 Å². The van der Waals surface area contributed by atoms with Crippen molar-refractivity contribution < 1.29 is 9.53 Å². The first-order chi connectivity index (χ1) is 8.79. The molecule has 0 spiro atoms. The highest BCUT2D eigenvalue weighted by atomic mass is 79.9. The number of hydrogen-bond donors (Lipinski definition) is 1. The van der Waals surface area contributed by atoms with Crippen LogP contribution < -0.4 is 5.32 Å². The molecule has 0 aromatic heterocycles. The van der Waals surface area contributed by atoms with Crippen LogP contribution in [0.4, 0.5) is 5.69 Å². The molecule has 1 heterocycles. The maximum absolute atomic E-state index is 12.0. The number of rotatable bonds is 4. The van der Waals surface area contributed by atoms with Crippen LogP contribution in [0.25, 0.3) is 0 Å². The normalized spacial score (nSPS) is 19.5. The van der Waals surface area contributed by atoms with Gasteiger partial charge in [-0.15, -0.1) is 0 Å². The zero-order valence-electron chi connectivity index (χ0n) is 10.3. The van der Waals surface area contributed by atoms with Gasteiger partial charge in [-0.3, -0.25) is 4.79 Å². The lowest BCUT2D eigenvalue weighted by Gasteiger charge is -2.21. The number of aryl methyl sites for hydroxylation is 1. The Balaban J connectivity index is 1.89. The zero-order valence-corrected chi connectivity index (χ0v) is 11.9. The van der Waals surface area contributed by atoms with Crippen LogP contribution in [0.2, 0.25) is 0 Å². The van der Waals surface area contributed by atoms with Crippen LogP contribution in [0.3, 0.4) is 0 Å². The summed E-state index contributed by atoms with van der Waals surface area (Å²) in [5.74, 6) is 0.0731. The maximum atomic E-state index is 12.0. The summed E-state index contributed by atoms with van der Waals surface area (Å²) in [7, 11) is 0. The van der Waals surface area contributed by atoms with Crippen LogP contribution in [0.1, 0.15) is 18.4 Å². The van der Waals surface area contributed by atoms with Gasteiger partial charge in [0.25, 0.3) is 0 Å². The first-order valence-corrected chi connectivity index (χ1v) is 7.45. The largest absolute Gasteiger partial charge is 0.381 e. The minimum atomic E-state index is 0.000897. The Kier molecular flexibility index (Phi) is 5.20. The molecular weight excluding hydrogens is 294 g/mol. The maximum Gasteiger partial charge on any atom is 0.229 e. The number of carbonyl (C=O) groups excluding carboxylic acids is 1. The summed E-state index contributed by atoms with van der Waals surface area (Å²) in [6, 6.07) is 8.02. The van der Waals surface area contributed by atoms with Crippen LogP contribution in [0.15, 0.2) is 24.3 Å². The van der Waals surface area contributed by atoms with E-state index in [9.17, 15) is 4.79 Å². The summed E-state index contributed by atoms with van der Waals surface area (Å²) in [5, 5.41) is 3.91. The summed E-state index contributed by atoms with van der Waals surface area (Å²) >= 11 is 3.41. The van der Waals surface area contributed by atoms with Gasteiger partial charge >= 0.3 is 0 Å². The molecule has 4 heteroatoms. The second-order valence-electron chi connectivity index (χ2n) is 4.54. The fraction of sp³-hybridized carbons (Fsp3) is 0.500. The first kappa shape index (κ1) is 13.6. The van der Waals surface area contributed by atoms with Gasteiger partial charge in [0.2, 0.25) is 5.91 Å². The molecule has 98 valence electrons. The van der Waals surface area contributed by atoms with E-state index in [2.05, 4.69) is 21.2 Å². The van der Waals surface area contributed by atoms with Crippen molar-refractivity contribution in [2.24, 2.45) is 5.92 Å². The summed E-state index contributed by atoms with van der Waals surface area (Å²) in [6.45, 7) is 1.33. The van der Waals surface area contributed by atoms with Gasteiger partial charge < -0.3 is 10.1 Å². The predicted molar refractivity (Wildman–Crippen MR) is 76.1 cm³/mol. The van der Waals surface area contributed by atoms with E-state index in [1.165, 1.54) is 5.56 Å². The van der Waals surface area contributed by atoms with E-state index in [0.717, 1.165) is 36.9 Å². The quantitative estimate of drug-likeness (QED) is 0.868. The van der Waals surface area contributed by atoms with Crippen LogP contribution >= 0.6 is 15.9 Å². The lowest BCUT2D eigenvalue weighted by atomic mass is 10.0. The monoisotopic (exact) mass is 311 g/mol. The fourth-order valence-corrected chi connectivity index (χ4v) is 2.51. The van der Waals surface area contributed by atoms with Crippen molar-refractivity contribution in [1.29, 1.82) is 0 Å². The summed E-state index contributed by atoms with van der Waals surface area (Å²) in [5.41, 5.74) is 2.13. The topological polar surface area (TPSA) is 38.3 Å². The van der Waals surface area contributed by atoms with Crippen LogP contribution in [0.5, 0.6) is 0 Å². The third-order valence-electron chi connectivity index (χ3n) is 3.14. The molecular formula is C14H18BrNO2. The Labute approximate surface area is 116 Å². The number of alkyl halides is 1. The van der Waals surface area contributed by atoms with Crippen molar-refractivity contribution in [3.05, 3.63) is 29.8 Å². The van der Waals surface area contributed by atoms with Gasteiger partial charge in [-0.1, -0.05) is 28.1 Å². The SMILES string of the molecule is O=C(Nc1ccc(CCBr)cc1)C1CCCOC1. The third-order valence-corrected chi connectivity index (χ3v) is 3.53. The van der Waals surface area contributed by atoms with Crippen LogP contribution in [-0.4, -0.2) is 24.5 Å². The van der Waals surface area contributed by atoms with Crippen molar-refractivity contribution >= 4 is 27.5 Å². The highest BCUT2D eigenvalue weighted by molar-refractivity contribution is 9.09. The Morgan fingerprint density at radius 2 is 2.17 bits per heavy atom. The Morgan fingerprint density at radius 1 is 1.39 bits per heavy atom. The minimum absolute atomic E-state index is 0.000897. The van der Waals surface area contributed by atoms with E-state index in [1.54, 1.807) is 0 Å². The second-order valence-corrected chi connectivity index (χ2v) is 5.33. The molecule has 0 aliphatic carbocycles. The number of nitrogens with one attached hydrogen (secondary N) is 1. The molecule has 1 fully saturated rings. The van der Waals surface area contributed by atoms with E-state index in [4.69, 9.17) is 4.74 Å². The molecule has 1 atom stereocenters. The van der Waals surface area contributed by atoms with Gasteiger partial charge in [0.15, 0.2) is 0 Å². The summed E-state index contributed by atoms with van der Waals surface area (Å²) < 4.78 is 5.33. The molecule has 1 aromatic rings. The second kappa shape index (κ2) is 6.90. The number of ether oxygens (including phenoxy) is 1. The molecule has 1 aromatic carbocycles. The minimum Gasteiger partial charge on any atom is -0.381 e. The van der Waals surface area contributed by atoms with E-state index >= 15 is 0 Å².